The Morgan fingerprint density at radius 3 is 2.19 bits per heavy atom. The van der Waals surface area contributed by atoms with Crippen molar-refractivity contribution in [3.05, 3.63) is 0 Å². The first kappa shape index (κ1) is 19.7. The number of urea groups is 1. The van der Waals surface area contributed by atoms with E-state index in [0.717, 1.165) is 6.42 Å². The fraction of sp³-hybridized carbons (Fsp3) is 0.867. The number of nitrogens with zero attached hydrogens (tertiary/aromatic N) is 2. The maximum Gasteiger partial charge on any atom is 0.320 e. The van der Waals surface area contributed by atoms with E-state index in [2.05, 4.69) is 0 Å². The van der Waals surface area contributed by atoms with Crippen molar-refractivity contribution in [2.75, 3.05) is 26.8 Å². The van der Waals surface area contributed by atoms with Gasteiger partial charge in [-0.1, -0.05) is 6.92 Å². The summed E-state index contributed by atoms with van der Waals surface area (Å²) in [5, 5.41) is 8.87. The number of carbonyl (C=O) groups is 2. The molecule has 0 saturated heterocycles. The number of amides is 2. The second kappa shape index (κ2) is 8.87. The van der Waals surface area contributed by atoms with E-state index in [1.54, 1.807) is 16.9 Å². The van der Waals surface area contributed by atoms with E-state index < -0.39 is 11.5 Å². The van der Waals surface area contributed by atoms with E-state index in [1.165, 1.54) is 0 Å². The minimum Gasteiger partial charge on any atom is -0.481 e. The van der Waals surface area contributed by atoms with E-state index >= 15 is 0 Å². The normalized spacial score (nSPS) is 12.9. The molecule has 0 aromatic rings. The van der Waals surface area contributed by atoms with Crippen molar-refractivity contribution in [3.8, 4) is 0 Å². The van der Waals surface area contributed by atoms with E-state index in [4.69, 9.17) is 9.84 Å². The van der Waals surface area contributed by atoms with Crippen molar-refractivity contribution in [2.45, 2.75) is 59.0 Å². The molecule has 0 aromatic carbocycles. The molecule has 6 nitrogen and oxygen atoms in total. The highest BCUT2D eigenvalue weighted by molar-refractivity contribution is 5.76. The van der Waals surface area contributed by atoms with Gasteiger partial charge in [0.25, 0.3) is 0 Å². The number of carboxylic acids is 1. The van der Waals surface area contributed by atoms with Crippen LogP contribution in [0.15, 0.2) is 0 Å². The fourth-order valence-corrected chi connectivity index (χ4v) is 2.00. The van der Waals surface area contributed by atoms with Crippen molar-refractivity contribution < 1.29 is 19.4 Å². The van der Waals surface area contributed by atoms with E-state index in [-0.39, 0.29) is 25.0 Å². The highest BCUT2D eigenvalue weighted by atomic mass is 16.5. The lowest BCUT2D eigenvalue weighted by molar-refractivity contribution is -0.137. The number of hydrogen-bond donors (Lipinski definition) is 1. The molecule has 0 radical (unpaired) electrons. The third-order valence-corrected chi connectivity index (χ3v) is 3.49. The Bertz CT molecular complexity index is 339. The Morgan fingerprint density at radius 1 is 1.24 bits per heavy atom. The highest BCUT2D eigenvalue weighted by Gasteiger charge is 2.31. The molecule has 0 heterocycles. The first-order valence-electron chi connectivity index (χ1n) is 7.44. The van der Waals surface area contributed by atoms with Crippen LogP contribution in [-0.4, -0.2) is 65.3 Å². The quantitative estimate of drug-likeness (QED) is 0.747. The number of hydrogen-bond acceptors (Lipinski definition) is 3. The summed E-state index contributed by atoms with van der Waals surface area (Å²) in [5.41, 5.74) is -0.425. The van der Waals surface area contributed by atoms with Gasteiger partial charge in [-0.2, -0.15) is 0 Å². The molecule has 0 aliphatic rings. The smallest absolute Gasteiger partial charge is 0.320 e. The lowest BCUT2D eigenvalue weighted by Gasteiger charge is -2.41. The Kier molecular flexibility index (Phi) is 8.32. The van der Waals surface area contributed by atoms with Gasteiger partial charge in [-0.25, -0.2) is 4.79 Å². The number of carbonyl (C=O) groups excluding carboxylic acids is 1. The minimum absolute atomic E-state index is 0.0539. The Hall–Kier alpha value is -1.30. The minimum atomic E-state index is -0.899. The van der Waals surface area contributed by atoms with Crippen LogP contribution in [0.3, 0.4) is 0 Å². The number of carboxylic acid groups (broad SMARTS) is 1. The van der Waals surface area contributed by atoms with E-state index in [0.29, 0.717) is 13.2 Å². The molecule has 0 aliphatic heterocycles. The SMILES string of the molecule is CCC(C)N(CCOC)C(=O)N(CCC(=O)O)C(C)(C)C. The zero-order valence-electron chi connectivity index (χ0n) is 14.2. The standard InChI is InChI=1S/C15H30N2O4/c1-7-12(2)16(10-11-21-6)14(20)17(15(3,4)5)9-8-13(18)19/h12H,7-11H2,1-6H3,(H,18,19). The van der Waals surface area contributed by atoms with Crippen LogP contribution in [0.4, 0.5) is 4.79 Å². The number of ether oxygens (including phenoxy) is 1. The molecule has 2 amide bonds. The molecule has 1 unspecified atom stereocenters. The molecule has 21 heavy (non-hydrogen) atoms. The van der Waals surface area contributed by atoms with Gasteiger partial charge in [0.15, 0.2) is 0 Å². The van der Waals surface area contributed by atoms with Gasteiger partial charge >= 0.3 is 12.0 Å². The van der Waals surface area contributed by atoms with Crippen molar-refractivity contribution in [3.63, 3.8) is 0 Å². The van der Waals surface area contributed by atoms with Crippen LogP contribution in [0.2, 0.25) is 0 Å². The van der Waals surface area contributed by atoms with Crippen LogP contribution in [0.1, 0.15) is 47.5 Å². The zero-order valence-corrected chi connectivity index (χ0v) is 14.2. The van der Waals surface area contributed by atoms with Crippen LogP contribution in [0.25, 0.3) is 0 Å². The average Bonchev–Trinajstić information content (AvgIpc) is 2.36. The van der Waals surface area contributed by atoms with Gasteiger partial charge in [0.2, 0.25) is 0 Å². The molecular weight excluding hydrogens is 272 g/mol. The van der Waals surface area contributed by atoms with Crippen molar-refractivity contribution in [1.82, 2.24) is 9.80 Å². The molecule has 0 fully saturated rings. The second-order valence-electron chi connectivity index (χ2n) is 6.19. The van der Waals surface area contributed by atoms with E-state index in [9.17, 15) is 9.59 Å². The predicted molar refractivity (Wildman–Crippen MR) is 82.4 cm³/mol. The molecule has 124 valence electrons. The summed E-state index contributed by atoms with van der Waals surface area (Å²) in [6.07, 6.45) is 0.786. The lowest BCUT2D eigenvalue weighted by Crippen LogP contribution is -2.55. The fourth-order valence-electron chi connectivity index (χ4n) is 2.00. The van der Waals surface area contributed by atoms with Gasteiger partial charge < -0.3 is 19.6 Å². The van der Waals surface area contributed by atoms with Crippen LogP contribution in [-0.2, 0) is 9.53 Å². The average molecular weight is 302 g/mol. The van der Waals surface area contributed by atoms with Gasteiger partial charge in [-0.05, 0) is 34.1 Å². The summed E-state index contributed by atoms with van der Waals surface area (Å²) >= 11 is 0. The monoisotopic (exact) mass is 302 g/mol. The Balaban J connectivity index is 5.13. The number of aliphatic carboxylic acids is 1. The van der Waals surface area contributed by atoms with Gasteiger partial charge in [0, 0.05) is 31.8 Å². The second-order valence-corrected chi connectivity index (χ2v) is 6.19. The maximum atomic E-state index is 12.8. The summed E-state index contributed by atoms with van der Waals surface area (Å²) in [4.78, 5) is 27.0. The molecule has 0 aromatic heterocycles. The zero-order chi connectivity index (χ0) is 16.6. The van der Waals surface area contributed by atoms with E-state index in [1.807, 2.05) is 34.6 Å². The van der Waals surface area contributed by atoms with Crippen LogP contribution in [0, 0.1) is 0 Å². The van der Waals surface area contributed by atoms with Crippen LogP contribution < -0.4 is 0 Å². The molecule has 0 rings (SSSR count). The molecule has 1 atom stereocenters. The predicted octanol–water partition coefficient (Wildman–Crippen LogP) is 2.43. The Morgan fingerprint density at radius 2 is 1.81 bits per heavy atom. The summed E-state index contributed by atoms with van der Waals surface area (Å²) in [5.74, 6) is -0.899. The first-order valence-corrected chi connectivity index (χ1v) is 7.44. The lowest BCUT2D eigenvalue weighted by atomic mass is 10.1. The van der Waals surface area contributed by atoms with Crippen molar-refractivity contribution in [2.24, 2.45) is 0 Å². The number of methoxy groups -OCH3 is 1. The van der Waals surface area contributed by atoms with Crippen molar-refractivity contribution in [1.29, 1.82) is 0 Å². The molecule has 6 heteroatoms. The van der Waals surface area contributed by atoms with Gasteiger partial charge in [0.1, 0.15) is 0 Å². The molecule has 0 saturated carbocycles. The Labute approximate surface area is 128 Å². The van der Waals surface area contributed by atoms with Gasteiger partial charge in [0.05, 0.1) is 13.0 Å². The van der Waals surface area contributed by atoms with Crippen LogP contribution >= 0.6 is 0 Å². The maximum absolute atomic E-state index is 12.8. The molecule has 0 spiro atoms. The third kappa shape index (κ3) is 6.80. The van der Waals surface area contributed by atoms with Crippen LogP contribution in [0.5, 0.6) is 0 Å². The number of rotatable bonds is 8. The third-order valence-electron chi connectivity index (χ3n) is 3.49. The van der Waals surface area contributed by atoms with Gasteiger partial charge in [-0.15, -0.1) is 0 Å². The van der Waals surface area contributed by atoms with Gasteiger partial charge in [-0.3, -0.25) is 4.79 Å². The molecule has 1 N–H and O–H groups in total. The summed E-state index contributed by atoms with van der Waals surface area (Å²) in [7, 11) is 1.60. The highest BCUT2D eigenvalue weighted by Crippen LogP contribution is 2.18. The molecule has 0 bridgehead atoms. The van der Waals surface area contributed by atoms with Crippen molar-refractivity contribution >= 4 is 12.0 Å². The summed E-state index contributed by atoms with van der Waals surface area (Å²) in [6, 6.07) is -0.0440. The summed E-state index contributed by atoms with van der Waals surface area (Å²) in [6.45, 7) is 10.9. The first-order chi connectivity index (χ1) is 9.65. The molecule has 0 aliphatic carbocycles. The summed E-state index contributed by atoms with van der Waals surface area (Å²) < 4.78 is 5.07. The largest absolute Gasteiger partial charge is 0.481 e. The molecular formula is C15H30N2O4. The topological polar surface area (TPSA) is 70.1 Å².